The summed E-state index contributed by atoms with van der Waals surface area (Å²) in [4.78, 5) is 28.7. The lowest BCUT2D eigenvalue weighted by atomic mass is 9.84. The number of hydrogen-bond acceptors (Lipinski definition) is 14. The van der Waals surface area contributed by atoms with Gasteiger partial charge >= 0.3 is 5.97 Å². The van der Waals surface area contributed by atoms with E-state index >= 15 is 0 Å². The number of cyclic esters (lactones) is 1. The highest BCUT2D eigenvalue weighted by molar-refractivity contribution is 5.91. The Bertz CT molecular complexity index is 1210. The fraction of sp³-hybridized carbons (Fsp3) is 0.838. The van der Waals surface area contributed by atoms with E-state index in [0.29, 0.717) is 12.8 Å². The van der Waals surface area contributed by atoms with Crippen LogP contribution in [0.4, 0.5) is 0 Å². The molecule has 0 amide bonds. The van der Waals surface area contributed by atoms with Crippen molar-refractivity contribution in [2.75, 3.05) is 34.9 Å². The summed E-state index contributed by atoms with van der Waals surface area (Å²) >= 11 is 0. The average molecular weight is 728 g/mol. The zero-order valence-electron chi connectivity index (χ0n) is 31.7. The van der Waals surface area contributed by atoms with Crippen molar-refractivity contribution < 1.29 is 62.8 Å². The van der Waals surface area contributed by atoms with E-state index < -0.39 is 79.1 Å². The molecule has 17 atom stereocenters. The molecule has 3 N–H and O–H groups in total. The van der Waals surface area contributed by atoms with Gasteiger partial charge in [0.05, 0.1) is 24.9 Å². The van der Waals surface area contributed by atoms with E-state index in [-0.39, 0.29) is 48.7 Å². The summed E-state index contributed by atoms with van der Waals surface area (Å²) in [6.45, 7) is 10.7. The molecule has 4 rings (SSSR count). The van der Waals surface area contributed by atoms with Crippen molar-refractivity contribution in [3.05, 3.63) is 24.3 Å². The van der Waals surface area contributed by atoms with Crippen LogP contribution in [-0.2, 0) is 47.5 Å². The zero-order valence-corrected chi connectivity index (χ0v) is 31.7. The van der Waals surface area contributed by atoms with Gasteiger partial charge in [-0.2, -0.15) is 0 Å². The minimum absolute atomic E-state index is 0.115. The predicted octanol–water partition coefficient (Wildman–Crippen LogP) is 1.76. The topological polar surface area (TPSA) is 175 Å². The Morgan fingerprint density at radius 2 is 1.57 bits per heavy atom. The molecule has 51 heavy (non-hydrogen) atoms. The van der Waals surface area contributed by atoms with Gasteiger partial charge in [-0.3, -0.25) is 4.79 Å². The molecule has 0 spiro atoms. The number of aliphatic hydroxyl groups is 3. The van der Waals surface area contributed by atoms with E-state index in [1.807, 2.05) is 46.7 Å². The number of rotatable bonds is 9. The second-order valence-electron chi connectivity index (χ2n) is 15.0. The van der Waals surface area contributed by atoms with Gasteiger partial charge in [0.15, 0.2) is 24.0 Å². The Kier molecular flexibility index (Phi) is 14.8. The monoisotopic (exact) mass is 727 g/mol. The number of ketones is 1. The second-order valence-corrected chi connectivity index (χ2v) is 15.0. The van der Waals surface area contributed by atoms with Gasteiger partial charge in [0.25, 0.3) is 0 Å². The molecule has 292 valence electrons. The molecule has 0 aromatic heterocycles. The van der Waals surface area contributed by atoms with Crippen molar-refractivity contribution in [2.24, 2.45) is 17.8 Å². The van der Waals surface area contributed by atoms with Crippen LogP contribution in [0.2, 0.25) is 0 Å². The third kappa shape index (κ3) is 9.84. The molecule has 4 aliphatic rings. The minimum atomic E-state index is -1.86. The summed E-state index contributed by atoms with van der Waals surface area (Å²) in [7, 11) is 6.70. The smallest absolute Gasteiger partial charge is 0.330 e. The number of esters is 1. The summed E-state index contributed by atoms with van der Waals surface area (Å²) in [5.41, 5.74) is -1.86. The van der Waals surface area contributed by atoms with E-state index in [0.717, 1.165) is 0 Å². The van der Waals surface area contributed by atoms with Gasteiger partial charge in [-0.25, -0.2) is 4.79 Å². The lowest BCUT2D eigenvalue weighted by Crippen LogP contribution is -2.60. The molecule has 4 heterocycles. The first-order chi connectivity index (χ1) is 24.1. The Labute approximate surface area is 302 Å². The number of methoxy groups -OCH3 is 2. The van der Waals surface area contributed by atoms with Crippen molar-refractivity contribution >= 4 is 11.8 Å². The van der Waals surface area contributed by atoms with E-state index in [2.05, 4.69) is 0 Å². The largest absolute Gasteiger partial charge is 0.456 e. The van der Waals surface area contributed by atoms with E-state index in [4.69, 9.17) is 37.9 Å². The highest BCUT2D eigenvalue weighted by Crippen LogP contribution is 2.40. The van der Waals surface area contributed by atoms with E-state index in [1.165, 1.54) is 26.4 Å². The van der Waals surface area contributed by atoms with Crippen LogP contribution < -0.4 is 0 Å². The standard InChI is InChI=1S/C37H61NO13/c1-11-27-37(43,18-46-36-33(45-10)32(44-9)29(41)23(6)48-36)34-26(49-34)14-13-25(39)20(3)16-21(4)31(19(2)12-15-28(40)50-27)51-35-30(42)24(38(7)8)17-22(5)47-35/h12-15,19-24,26-27,29-36,41-43H,11,16-18H2,1-10H3/b14-13+,15-12+/t19-,20+,21+,22-,23+,24+,26+,27+,29+,30-,31+,32-,33+,34-,35+,36+,37-/m0/s1. The molecule has 14 heteroatoms. The quantitative estimate of drug-likeness (QED) is 0.232. The second kappa shape index (κ2) is 18.0. The summed E-state index contributed by atoms with van der Waals surface area (Å²) in [6.07, 6.45) is -1.95. The third-order valence-corrected chi connectivity index (χ3v) is 10.8. The van der Waals surface area contributed by atoms with Crippen molar-refractivity contribution in [1.82, 2.24) is 4.90 Å². The van der Waals surface area contributed by atoms with E-state index in [9.17, 15) is 24.9 Å². The van der Waals surface area contributed by atoms with Crippen LogP contribution in [0.1, 0.15) is 60.8 Å². The average Bonchev–Trinajstić information content (AvgIpc) is 3.88. The Morgan fingerprint density at radius 1 is 0.882 bits per heavy atom. The maximum Gasteiger partial charge on any atom is 0.330 e. The third-order valence-electron chi connectivity index (χ3n) is 10.8. The molecule has 0 aromatic rings. The normalized spacial score (nSPS) is 47.0. The molecule has 0 aliphatic carbocycles. The van der Waals surface area contributed by atoms with Gasteiger partial charge in [0.1, 0.15) is 42.7 Å². The van der Waals surface area contributed by atoms with Crippen LogP contribution in [0.5, 0.6) is 0 Å². The summed E-state index contributed by atoms with van der Waals surface area (Å²) < 4.78 is 47.4. The number of carbonyl (C=O) groups is 2. The minimum Gasteiger partial charge on any atom is -0.456 e. The number of aliphatic hydroxyl groups excluding tert-OH is 2. The molecule has 0 bridgehead atoms. The van der Waals surface area contributed by atoms with E-state index in [1.54, 1.807) is 26.0 Å². The number of carbonyl (C=O) groups excluding carboxylic acids is 2. The number of likely N-dealkylation sites (N-methyl/N-ethyl adjacent to an activating group) is 1. The van der Waals surface area contributed by atoms with Crippen molar-refractivity contribution in [3.8, 4) is 0 Å². The van der Waals surface area contributed by atoms with Crippen LogP contribution in [0.3, 0.4) is 0 Å². The summed E-state index contributed by atoms with van der Waals surface area (Å²) in [5.74, 6) is -1.71. The summed E-state index contributed by atoms with van der Waals surface area (Å²) in [5, 5.41) is 34.0. The lowest BCUT2D eigenvalue weighted by Gasteiger charge is -2.43. The number of epoxide rings is 1. The first kappa shape index (κ1) is 41.9. The number of allylic oxidation sites excluding steroid dienone is 1. The molecule has 14 nitrogen and oxygen atoms in total. The maximum absolute atomic E-state index is 13.4. The van der Waals surface area contributed by atoms with Crippen LogP contribution >= 0.6 is 0 Å². The van der Waals surface area contributed by atoms with Crippen LogP contribution in [0, 0.1) is 17.8 Å². The van der Waals surface area contributed by atoms with Crippen LogP contribution in [-0.4, -0.2) is 152 Å². The maximum atomic E-state index is 13.4. The highest BCUT2D eigenvalue weighted by atomic mass is 16.7. The number of nitrogens with zero attached hydrogens (tertiary/aromatic N) is 1. The van der Waals surface area contributed by atoms with Crippen molar-refractivity contribution in [2.45, 2.75) is 146 Å². The molecule has 0 radical (unpaired) electrons. The summed E-state index contributed by atoms with van der Waals surface area (Å²) in [6, 6.07) is -0.171. The van der Waals surface area contributed by atoms with Crippen molar-refractivity contribution in [3.63, 3.8) is 0 Å². The number of fused-ring (bicyclic) bond motifs is 1. The molecule has 3 saturated heterocycles. The number of ether oxygens (including phenoxy) is 8. The van der Waals surface area contributed by atoms with Gasteiger partial charge in [0.2, 0.25) is 0 Å². The van der Waals surface area contributed by atoms with Gasteiger partial charge in [-0.15, -0.1) is 0 Å². The molecule has 4 aliphatic heterocycles. The highest BCUT2D eigenvalue weighted by Gasteiger charge is 2.59. The van der Waals surface area contributed by atoms with Gasteiger partial charge in [-0.05, 0) is 65.3 Å². The fourth-order valence-corrected chi connectivity index (χ4v) is 7.69. The molecule has 0 saturated carbocycles. The van der Waals surface area contributed by atoms with Crippen molar-refractivity contribution in [1.29, 1.82) is 0 Å². The van der Waals surface area contributed by atoms with Gasteiger partial charge < -0.3 is 58.1 Å². The van der Waals surface area contributed by atoms with Gasteiger partial charge in [-0.1, -0.05) is 33.8 Å². The Balaban J connectivity index is 1.59. The molecular formula is C37H61NO13. The van der Waals surface area contributed by atoms with Crippen LogP contribution in [0.15, 0.2) is 24.3 Å². The number of hydrogen-bond donors (Lipinski definition) is 3. The molecule has 0 unspecified atom stereocenters. The lowest BCUT2D eigenvalue weighted by molar-refractivity contribution is -0.313. The SMILES string of the molecule is CC[C@H]1OC(=O)/C=C/[C@H](C)[C@@H](O[C@H]2O[C@@H](C)C[C@@H](N(C)C)[C@@H]2O)[C@H](C)C[C@@H](C)C(=O)/C=C/[C@H]2O[C@@H]2[C@]1(O)CO[C@@H]1O[C@H](C)[C@@H](O)[C@H](OC)[C@H]1OC. The molecule has 3 fully saturated rings. The molecule has 0 aromatic carbocycles. The molecular weight excluding hydrogens is 666 g/mol. The fourth-order valence-electron chi connectivity index (χ4n) is 7.69. The first-order valence-corrected chi connectivity index (χ1v) is 18.2. The van der Waals surface area contributed by atoms with Crippen LogP contribution in [0.25, 0.3) is 0 Å². The zero-order chi connectivity index (χ0) is 37.8. The van der Waals surface area contributed by atoms with Gasteiger partial charge in [0, 0.05) is 38.2 Å². The Hall–Kier alpha value is -1.82. The first-order valence-electron chi connectivity index (χ1n) is 18.2. The Morgan fingerprint density at radius 3 is 2.20 bits per heavy atom. The predicted molar refractivity (Wildman–Crippen MR) is 184 cm³/mol.